The van der Waals surface area contributed by atoms with Crippen molar-refractivity contribution >= 4 is 52.3 Å². The van der Waals surface area contributed by atoms with Gasteiger partial charge < -0.3 is 48.7 Å². The maximum Gasteiger partial charge on any atom is 0.329 e. The minimum absolute atomic E-state index is 0.179. The van der Waals surface area contributed by atoms with Gasteiger partial charge in [0.25, 0.3) is 5.91 Å². The molecule has 4 aromatic carbocycles. The maximum absolute atomic E-state index is 14.6. The summed E-state index contributed by atoms with van der Waals surface area (Å²) in [5, 5.41) is 16.6. The molecule has 3 amide bonds. The average molecular weight is 1160 g/mol. The van der Waals surface area contributed by atoms with Crippen LogP contribution in [0.3, 0.4) is 0 Å². The first-order valence-electron chi connectivity index (χ1n) is 27.8. The summed E-state index contributed by atoms with van der Waals surface area (Å²) >= 11 is 7.97. The number of aliphatic imine (C=N–C) groups is 1. The summed E-state index contributed by atoms with van der Waals surface area (Å²) in [6.45, 7) is 10.7. The molecule has 2 N–H and O–H groups in total. The van der Waals surface area contributed by atoms with Crippen molar-refractivity contribution in [2.45, 2.75) is 110 Å². The summed E-state index contributed by atoms with van der Waals surface area (Å²) in [5.41, 5.74) is 6.01. The van der Waals surface area contributed by atoms with Crippen molar-refractivity contribution in [3.8, 4) is 39.5 Å². The topological polar surface area (TPSA) is 203 Å². The van der Waals surface area contributed by atoms with Crippen LogP contribution in [0.25, 0.3) is 5.00 Å². The zero-order valence-electron chi connectivity index (χ0n) is 48.4. The van der Waals surface area contributed by atoms with Gasteiger partial charge in [-0.3, -0.25) is 23.9 Å². The number of hydrogen-bond donors (Lipinski definition) is 2. The lowest BCUT2D eigenvalue weighted by Crippen LogP contribution is -2.50. The molecule has 0 spiro atoms. The molecular weight excluding hydrogens is 1090 g/mol. The van der Waals surface area contributed by atoms with Gasteiger partial charge in [0.15, 0.2) is 35.4 Å². The Kier molecular flexibility index (Phi) is 20.6. The van der Waals surface area contributed by atoms with Gasteiger partial charge in [0.05, 0.1) is 53.1 Å². The van der Waals surface area contributed by atoms with Gasteiger partial charge in [-0.25, -0.2) is 4.79 Å². The fourth-order valence-electron chi connectivity index (χ4n) is 10.8. The van der Waals surface area contributed by atoms with Crippen LogP contribution < -0.4 is 39.1 Å². The molecule has 18 nitrogen and oxygen atoms in total. The van der Waals surface area contributed by atoms with Gasteiger partial charge in [-0.05, 0) is 143 Å². The number of thiophene rings is 1. The number of amides is 3. The van der Waals surface area contributed by atoms with Crippen molar-refractivity contribution in [2.75, 3.05) is 61.8 Å². The minimum atomic E-state index is -0.827. The molecule has 20 heteroatoms. The van der Waals surface area contributed by atoms with E-state index < -0.39 is 36.0 Å². The number of piperidine rings is 1. The SMILES string of the molecule is CC[C@H](C(=O)N1CCCC[C@H]1C(=O)O[C@H](CCc1ccc(OC)c(OC)c1)c1cccc(OCC(=O)NCCCNC(=O)[C@H](CC)[C@@H]2N=C(c3ccc(Cl)cc3)c3c(sc(C)c3C)-n3c(C)nnc32)c1)c1cc(OC)c(OC)c(OC)c1. The molecule has 1 saturated heterocycles. The highest BCUT2D eigenvalue weighted by Gasteiger charge is 2.40. The van der Waals surface area contributed by atoms with Crippen LogP contribution in [-0.2, 0) is 30.3 Å². The van der Waals surface area contributed by atoms with Crippen LogP contribution in [0, 0.1) is 26.7 Å². The van der Waals surface area contributed by atoms with Crippen molar-refractivity contribution in [1.29, 1.82) is 0 Å². The Bertz CT molecular complexity index is 3240. The number of nitrogens with zero attached hydrogens (tertiary/aromatic N) is 5. The third kappa shape index (κ3) is 13.5. The Morgan fingerprint density at radius 1 is 0.780 bits per heavy atom. The molecule has 0 radical (unpaired) electrons. The van der Waals surface area contributed by atoms with Gasteiger partial charge in [-0.2, -0.15) is 0 Å². The number of aromatic nitrogens is 3. The molecule has 2 aromatic heterocycles. The summed E-state index contributed by atoms with van der Waals surface area (Å²) in [6.07, 6.45) is 3.42. The number of carbonyl (C=O) groups is 4. The van der Waals surface area contributed by atoms with Crippen molar-refractivity contribution in [3.63, 3.8) is 0 Å². The maximum atomic E-state index is 14.6. The molecule has 1 fully saturated rings. The largest absolute Gasteiger partial charge is 0.493 e. The molecule has 0 bridgehead atoms. The van der Waals surface area contributed by atoms with Gasteiger partial charge in [-0.1, -0.05) is 55.8 Å². The van der Waals surface area contributed by atoms with Crippen LogP contribution in [-0.4, -0.2) is 117 Å². The fourth-order valence-corrected chi connectivity index (χ4v) is 12.1. The van der Waals surface area contributed by atoms with E-state index in [1.807, 2.05) is 73.9 Å². The number of benzene rings is 4. The molecule has 2 aliphatic rings. The Labute approximate surface area is 488 Å². The van der Waals surface area contributed by atoms with Crippen LogP contribution in [0.2, 0.25) is 5.02 Å². The smallest absolute Gasteiger partial charge is 0.329 e. The van der Waals surface area contributed by atoms with Crippen LogP contribution in [0.5, 0.6) is 34.5 Å². The van der Waals surface area contributed by atoms with Crippen LogP contribution in [0.4, 0.5) is 0 Å². The van der Waals surface area contributed by atoms with Gasteiger partial charge in [-0.15, -0.1) is 21.5 Å². The first-order chi connectivity index (χ1) is 39.7. The third-order valence-corrected chi connectivity index (χ3v) is 16.7. The van der Waals surface area contributed by atoms with Crippen LogP contribution >= 0.6 is 22.9 Å². The van der Waals surface area contributed by atoms with E-state index in [0.717, 1.165) is 50.7 Å². The minimum Gasteiger partial charge on any atom is -0.493 e. The number of nitrogens with one attached hydrogen (secondary N) is 2. The summed E-state index contributed by atoms with van der Waals surface area (Å²) in [6, 6.07) is 22.5. The van der Waals surface area contributed by atoms with E-state index in [4.69, 9.17) is 49.8 Å². The second-order valence-corrected chi connectivity index (χ2v) is 22.0. The number of rotatable bonds is 25. The Morgan fingerprint density at radius 3 is 2.18 bits per heavy atom. The lowest BCUT2D eigenvalue weighted by atomic mass is 9.91. The molecule has 5 atom stereocenters. The standard InChI is InChI=1S/C62H74ClN7O11S/c1-11-45(42-33-51(77-8)57(79-10)52(34-42)78-9)60(73)69-30-14-13-19-47(69)62(74)81-48(26-20-39-21-27-49(75-6)50(31-39)76-7)41-17-15-18-44(32-41)80-35-53(71)64-28-16-29-65-59(72)46(12-2)56-58-68-67-38(5)70(58)61-54(36(3)37(4)82-61)55(66-56)40-22-24-43(63)25-23-40/h15,17-18,21-25,27,31-34,45-48,56H,11-14,16,19-20,26,28-30,35H2,1-10H3,(H,64,71)(H,65,72)/t45-,46+,47-,48+,56-/m0/s1. The normalized spacial score (nSPS) is 15.8. The van der Waals surface area contributed by atoms with E-state index in [-0.39, 0.29) is 30.9 Å². The quantitative estimate of drug-likeness (QED) is 0.0405. The van der Waals surface area contributed by atoms with E-state index in [1.165, 1.54) is 21.3 Å². The highest BCUT2D eigenvalue weighted by Crippen LogP contribution is 2.44. The lowest BCUT2D eigenvalue weighted by Gasteiger charge is -2.37. The number of halogens is 1. The Hall–Kier alpha value is -7.64. The molecule has 436 valence electrons. The molecule has 82 heavy (non-hydrogen) atoms. The molecule has 4 heterocycles. The molecule has 0 aliphatic carbocycles. The van der Waals surface area contributed by atoms with Crippen molar-refractivity contribution in [1.82, 2.24) is 30.3 Å². The van der Waals surface area contributed by atoms with Gasteiger partial charge in [0, 0.05) is 40.7 Å². The van der Waals surface area contributed by atoms with E-state index in [9.17, 15) is 19.2 Å². The molecule has 0 unspecified atom stereocenters. The second-order valence-electron chi connectivity index (χ2n) is 20.3. The molecular formula is C62H74ClN7O11S. The molecule has 6 aromatic rings. The monoisotopic (exact) mass is 1160 g/mol. The lowest BCUT2D eigenvalue weighted by molar-refractivity contribution is -0.162. The van der Waals surface area contributed by atoms with Crippen molar-refractivity contribution < 1.29 is 52.3 Å². The van der Waals surface area contributed by atoms with Crippen molar-refractivity contribution in [3.05, 3.63) is 134 Å². The number of aryl methyl sites for hydroxylation is 3. The number of esters is 1. The Morgan fingerprint density at radius 2 is 1.50 bits per heavy atom. The molecule has 0 saturated carbocycles. The first kappa shape index (κ1) is 60.5. The summed E-state index contributed by atoms with van der Waals surface area (Å²) in [4.78, 5) is 64.7. The molecule has 8 rings (SSSR count). The number of fused-ring (bicyclic) bond motifs is 3. The predicted octanol–water partition coefficient (Wildman–Crippen LogP) is 10.4. The zero-order chi connectivity index (χ0) is 58.6. The summed E-state index contributed by atoms with van der Waals surface area (Å²) < 4.78 is 42.4. The predicted molar refractivity (Wildman–Crippen MR) is 315 cm³/mol. The Balaban J connectivity index is 0.913. The van der Waals surface area contributed by atoms with Crippen molar-refractivity contribution in [2.24, 2.45) is 10.9 Å². The first-order valence-corrected chi connectivity index (χ1v) is 29.0. The van der Waals surface area contributed by atoms with Gasteiger partial charge in [0.2, 0.25) is 17.6 Å². The fraction of sp³-hybridized carbons (Fsp3) is 0.435. The van der Waals surface area contributed by atoms with E-state index in [1.54, 1.807) is 60.8 Å². The van der Waals surface area contributed by atoms with Crippen LogP contribution in [0.15, 0.2) is 83.9 Å². The number of hydrogen-bond acceptors (Lipinski definition) is 15. The van der Waals surface area contributed by atoms with E-state index >= 15 is 0 Å². The average Bonchev–Trinajstić information content (AvgIpc) is 4.20. The highest BCUT2D eigenvalue weighted by molar-refractivity contribution is 7.15. The third-order valence-electron chi connectivity index (χ3n) is 15.3. The van der Waals surface area contributed by atoms with Crippen LogP contribution in [0.1, 0.15) is 127 Å². The molecule has 2 aliphatic heterocycles. The second kappa shape index (κ2) is 27.9. The number of methoxy groups -OCH3 is 5. The van der Waals surface area contributed by atoms with E-state index in [2.05, 4.69) is 34.7 Å². The summed E-state index contributed by atoms with van der Waals surface area (Å²) in [5.74, 6) is 1.73. The number of carbonyl (C=O) groups excluding carboxylic acids is 4. The zero-order valence-corrected chi connectivity index (χ0v) is 50.0. The number of ether oxygens (including phenoxy) is 7. The van der Waals surface area contributed by atoms with Gasteiger partial charge >= 0.3 is 5.97 Å². The number of likely N-dealkylation sites (tertiary alicyclic amines) is 1. The summed E-state index contributed by atoms with van der Waals surface area (Å²) in [7, 11) is 7.74. The van der Waals surface area contributed by atoms with E-state index in [0.29, 0.717) is 114 Å². The highest BCUT2D eigenvalue weighted by atomic mass is 35.5. The van der Waals surface area contributed by atoms with Gasteiger partial charge in [0.1, 0.15) is 34.8 Å².